The lowest BCUT2D eigenvalue weighted by atomic mass is 10.1. The smallest absolute Gasteiger partial charge is 0.221 e. The molecule has 1 aromatic rings. The van der Waals surface area contributed by atoms with Crippen molar-refractivity contribution in [2.75, 3.05) is 19.8 Å². The molecule has 2 rings (SSSR count). The first-order valence-electron chi connectivity index (χ1n) is 6.74. The van der Waals surface area contributed by atoms with Crippen LogP contribution in [0.25, 0.3) is 0 Å². The second-order valence-corrected chi connectivity index (χ2v) is 8.16. The minimum Gasteiger partial charge on any atom is -0.353 e. The van der Waals surface area contributed by atoms with Gasteiger partial charge in [-0.15, -0.1) is 0 Å². The molecular weight excluding hydrogens is 312 g/mol. The summed E-state index contributed by atoms with van der Waals surface area (Å²) in [6.07, 6.45) is 0.853. The van der Waals surface area contributed by atoms with Crippen molar-refractivity contribution >= 4 is 27.5 Å². The van der Waals surface area contributed by atoms with Crippen LogP contribution >= 0.6 is 11.6 Å². The summed E-state index contributed by atoms with van der Waals surface area (Å²) in [7, 11) is -0.402. The zero-order valence-corrected chi connectivity index (χ0v) is 13.6. The number of nitrogens with one attached hydrogen (secondary N) is 1. The van der Waals surface area contributed by atoms with Crippen molar-refractivity contribution in [3.05, 3.63) is 34.9 Å². The molecule has 21 heavy (non-hydrogen) atoms. The fraction of sp³-hybridized carbons (Fsp3) is 0.500. The largest absolute Gasteiger partial charge is 0.353 e. The van der Waals surface area contributed by atoms with Crippen LogP contribution in [0, 0.1) is 0 Å². The van der Waals surface area contributed by atoms with Crippen LogP contribution in [0.5, 0.6) is 0 Å². The topological polar surface area (TPSA) is 66.5 Å². The van der Waals surface area contributed by atoms with E-state index in [1.165, 1.54) is 14.1 Å². The summed E-state index contributed by atoms with van der Waals surface area (Å²) >= 11 is 5.94. The molecule has 0 bridgehead atoms. The third kappa shape index (κ3) is 4.43. The van der Waals surface area contributed by atoms with Crippen molar-refractivity contribution in [3.8, 4) is 0 Å². The van der Waals surface area contributed by atoms with E-state index in [9.17, 15) is 13.2 Å². The predicted molar refractivity (Wildman–Crippen MR) is 82.8 cm³/mol. The van der Waals surface area contributed by atoms with Gasteiger partial charge in [-0.25, -0.2) is 12.7 Å². The number of benzene rings is 1. The Kier molecular flexibility index (Phi) is 4.91. The van der Waals surface area contributed by atoms with E-state index in [-0.39, 0.29) is 30.0 Å². The lowest BCUT2D eigenvalue weighted by Gasteiger charge is -2.11. The fourth-order valence-corrected chi connectivity index (χ4v) is 3.15. The summed E-state index contributed by atoms with van der Waals surface area (Å²) in [6, 6.07) is 7.66. The molecule has 1 aliphatic carbocycles. The number of rotatable bonds is 6. The van der Waals surface area contributed by atoms with Crippen LogP contribution in [-0.4, -0.2) is 44.5 Å². The first-order valence-corrected chi connectivity index (χ1v) is 8.73. The summed E-state index contributed by atoms with van der Waals surface area (Å²) in [5.41, 5.74) is 1.11. The summed E-state index contributed by atoms with van der Waals surface area (Å²) in [6.45, 7) is 0. The third-order valence-electron chi connectivity index (χ3n) is 3.56. The molecule has 5 nitrogen and oxygen atoms in total. The molecule has 2 atom stereocenters. The molecule has 116 valence electrons. The molecule has 0 heterocycles. The Morgan fingerprint density at radius 1 is 1.43 bits per heavy atom. The second kappa shape index (κ2) is 6.34. The Balaban J connectivity index is 1.81. The minimum absolute atomic E-state index is 0.0146. The maximum absolute atomic E-state index is 11.8. The van der Waals surface area contributed by atoms with Gasteiger partial charge in [0.05, 0.1) is 5.75 Å². The van der Waals surface area contributed by atoms with E-state index in [2.05, 4.69) is 5.32 Å². The van der Waals surface area contributed by atoms with Crippen LogP contribution in [-0.2, 0) is 14.8 Å². The van der Waals surface area contributed by atoms with E-state index >= 15 is 0 Å². The number of sulfonamides is 1. The molecule has 1 amide bonds. The van der Waals surface area contributed by atoms with Crippen LogP contribution in [0.3, 0.4) is 0 Å². The Hall–Kier alpha value is -1.11. The van der Waals surface area contributed by atoms with Gasteiger partial charge >= 0.3 is 0 Å². The molecule has 1 aliphatic rings. The summed E-state index contributed by atoms with van der Waals surface area (Å²) in [5, 5.41) is 3.55. The lowest BCUT2D eigenvalue weighted by Crippen LogP contribution is -2.31. The second-order valence-electron chi connectivity index (χ2n) is 5.42. The highest BCUT2D eigenvalue weighted by atomic mass is 35.5. The van der Waals surface area contributed by atoms with Gasteiger partial charge < -0.3 is 5.32 Å². The van der Waals surface area contributed by atoms with Crippen LogP contribution in [0.4, 0.5) is 0 Å². The van der Waals surface area contributed by atoms with Crippen molar-refractivity contribution in [1.82, 2.24) is 9.62 Å². The van der Waals surface area contributed by atoms with Crippen molar-refractivity contribution < 1.29 is 13.2 Å². The monoisotopic (exact) mass is 330 g/mol. The third-order valence-corrected chi connectivity index (χ3v) is 5.62. The number of amides is 1. The van der Waals surface area contributed by atoms with Crippen LogP contribution < -0.4 is 5.32 Å². The molecule has 0 aliphatic heterocycles. The average molecular weight is 331 g/mol. The van der Waals surface area contributed by atoms with Gasteiger partial charge in [-0.2, -0.15) is 0 Å². The molecule has 0 unspecified atom stereocenters. The van der Waals surface area contributed by atoms with Gasteiger partial charge in [-0.05, 0) is 24.1 Å². The van der Waals surface area contributed by atoms with Gasteiger partial charge in [-0.1, -0.05) is 23.7 Å². The van der Waals surface area contributed by atoms with E-state index in [4.69, 9.17) is 11.6 Å². The van der Waals surface area contributed by atoms with E-state index in [0.29, 0.717) is 5.02 Å². The zero-order valence-electron chi connectivity index (χ0n) is 12.0. The first kappa shape index (κ1) is 16.3. The number of nitrogens with zero attached hydrogens (tertiary/aromatic N) is 1. The predicted octanol–water partition coefficient (Wildman–Crippen LogP) is 1.59. The number of halogens is 1. The first-order chi connectivity index (χ1) is 9.79. The number of carbonyl (C=O) groups is 1. The number of hydrogen-bond donors (Lipinski definition) is 1. The Bertz CT molecular complexity index is 631. The highest BCUT2D eigenvalue weighted by molar-refractivity contribution is 7.89. The van der Waals surface area contributed by atoms with Crippen molar-refractivity contribution in [1.29, 1.82) is 0 Å². The molecule has 0 saturated heterocycles. The standard InChI is InChI=1S/C14H19ClN2O3S/c1-17(2)21(19,20)7-6-14(18)16-13-9-12(13)10-4-3-5-11(15)8-10/h3-5,8,12-13H,6-7,9H2,1-2H3,(H,16,18)/t12-,13-/m0/s1. The van der Waals surface area contributed by atoms with Gasteiger partial charge in [0, 0.05) is 37.5 Å². The molecule has 0 spiro atoms. The van der Waals surface area contributed by atoms with E-state index in [1.807, 2.05) is 24.3 Å². The van der Waals surface area contributed by atoms with Gasteiger partial charge in [0.15, 0.2) is 0 Å². The molecule has 1 aromatic carbocycles. The van der Waals surface area contributed by atoms with Crippen LogP contribution in [0.15, 0.2) is 24.3 Å². The van der Waals surface area contributed by atoms with E-state index in [1.54, 1.807) is 0 Å². The van der Waals surface area contributed by atoms with Crippen LogP contribution in [0.1, 0.15) is 24.3 Å². The Labute approximate surface area is 130 Å². The normalized spacial score (nSPS) is 21.3. The molecule has 1 N–H and O–H groups in total. The van der Waals surface area contributed by atoms with E-state index in [0.717, 1.165) is 16.3 Å². The summed E-state index contributed by atoms with van der Waals surface area (Å²) in [4.78, 5) is 11.8. The number of carbonyl (C=O) groups excluding carboxylic acids is 1. The highest BCUT2D eigenvalue weighted by Crippen LogP contribution is 2.41. The van der Waals surface area contributed by atoms with Crippen molar-refractivity contribution in [3.63, 3.8) is 0 Å². The summed E-state index contributed by atoms with van der Waals surface area (Å²) < 4.78 is 24.3. The molecule has 0 aromatic heterocycles. The molecule has 0 radical (unpaired) electrons. The van der Waals surface area contributed by atoms with Gasteiger partial charge in [0.25, 0.3) is 0 Å². The highest BCUT2D eigenvalue weighted by Gasteiger charge is 2.39. The van der Waals surface area contributed by atoms with E-state index < -0.39 is 10.0 Å². The van der Waals surface area contributed by atoms with Gasteiger partial charge in [-0.3, -0.25) is 4.79 Å². The van der Waals surface area contributed by atoms with Crippen molar-refractivity contribution in [2.45, 2.75) is 24.8 Å². The van der Waals surface area contributed by atoms with Crippen LogP contribution in [0.2, 0.25) is 5.02 Å². The van der Waals surface area contributed by atoms with Gasteiger partial charge in [0.2, 0.25) is 15.9 Å². The Morgan fingerprint density at radius 3 is 2.76 bits per heavy atom. The summed E-state index contributed by atoms with van der Waals surface area (Å²) in [5.74, 6) is -0.117. The average Bonchev–Trinajstić information content (AvgIpc) is 3.15. The van der Waals surface area contributed by atoms with Crippen molar-refractivity contribution in [2.24, 2.45) is 0 Å². The molecule has 7 heteroatoms. The molecular formula is C14H19ClN2O3S. The molecule has 1 fully saturated rings. The molecule has 1 saturated carbocycles. The Morgan fingerprint density at radius 2 is 2.14 bits per heavy atom. The SMILES string of the molecule is CN(C)S(=O)(=O)CCC(=O)N[C@H]1C[C@H]1c1cccc(Cl)c1. The lowest BCUT2D eigenvalue weighted by molar-refractivity contribution is -0.120. The van der Waals surface area contributed by atoms with Gasteiger partial charge in [0.1, 0.15) is 0 Å². The maximum Gasteiger partial charge on any atom is 0.221 e. The quantitative estimate of drug-likeness (QED) is 0.861. The zero-order chi connectivity index (χ0) is 15.6. The maximum atomic E-state index is 11.8. The minimum atomic E-state index is -3.32. The number of hydrogen-bond acceptors (Lipinski definition) is 3. The fourth-order valence-electron chi connectivity index (χ4n) is 2.14.